The van der Waals surface area contributed by atoms with E-state index < -0.39 is 5.97 Å². The van der Waals surface area contributed by atoms with Gasteiger partial charge in [0, 0.05) is 12.4 Å². The smallest absolute Gasteiger partial charge is 0.545 e. The van der Waals surface area contributed by atoms with E-state index >= 15 is 0 Å². The molecule has 1 aromatic heterocycles. The van der Waals surface area contributed by atoms with Crippen LogP contribution >= 0.6 is 0 Å². The summed E-state index contributed by atoms with van der Waals surface area (Å²) in [4.78, 5) is 13.0. The molecule has 0 spiro atoms. The molecule has 0 saturated carbocycles. The molecule has 0 aliphatic carbocycles. The van der Waals surface area contributed by atoms with Crippen molar-refractivity contribution in [2.45, 2.75) is 0 Å². The predicted molar refractivity (Wildman–Crippen MR) is 49.5 cm³/mol. The summed E-state index contributed by atoms with van der Waals surface area (Å²) >= 11 is 0. The molecule has 0 amide bonds. The Bertz CT molecular complexity index is 285. The van der Waals surface area contributed by atoms with Crippen molar-refractivity contribution in [2.75, 3.05) is 0 Å². The molecule has 1 aromatic rings. The summed E-state index contributed by atoms with van der Waals surface area (Å²) < 4.78 is 0. The number of rotatable bonds is 2. The zero-order valence-corrected chi connectivity index (χ0v) is 10.1. The van der Waals surface area contributed by atoms with Gasteiger partial charge in [-0.1, -0.05) is 19.2 Å². The molecule has 0 N–H and O–H groups in total. The van der Waals surface area contributed by atoms with Gasteiger partial charge in [-0.15, -0.1) is 0 Å². The van der Waals surface area contributed by atoms with Gasteiger partial charge in [0.2, 0.25) is 0 Å². The third-order valence-corrected chi connectivity index (χ3v) is 1.11. The second kappa shape index (κ2) is 10.2. The van der Waals surface area contributed by atoms with Crippen molar-refractivity contribution >= 4 is 12.0 Å². The Morgan fingerprint density at radius 2 is 1.79 bits per heavy atom. The van der Waals surface area contributed by atoms with Crippen LogP contribution in [-0.4, -0.2) is 11.0 Å². The topological polar surface area (TPSA) is 53.0 Å². The molecule has 1 heterocycles. The SMILES string of the molecule is C=CC(=O)[O-].C=Cc1ccncc1.[Na+]. The largest absolute Gasteiger partial charge is 1.00 e. The van der Waals surface area contributed by atoms with Crippen molar-refractivity contribution in [1.29, 1.82) is 0 Å². The molecule has 0 aliphatic rings. The van der Waals surface area contributed by atoms with Gasteiger partial charge in [-0.25, -0.2) is 0 Å². The van der Waals surface area contributed by atoms with Crippen LogP contribution in [0.15, 0.2) is 43.8 Å². The molecule has 0 fully saturated rings. The molecular weight excluding hydrogens is 189 g/mol. The Hall–Kier alpha value is -0.900. The Morgan fingerprint density at radius 1 is 1.36 bits per heavy atom. The normalized spacial score (nSPS) is 7.14. The van der Waals surface area contributed by atoms with Crippen LogP contribution in [0.3, 0.4) is 0 Å². The van der Waals surface area contributed by atoms with Gasteiger partial charge in [0.05, 0.1) is 5.97 Å². The second-order valence-electron chi connectivity index (χ2n) is 2.01. The van der Waals surface area contributed by atoms with Gasteiger partial charge < -0.3 is 9.90 Å². The van der Waals surface area contributed by atoms with Crippen LogP contribution in [0, 0.1) is 0 Å². The van der Waals surface area contributed by atoms with Crippen LogP contribution in [0.5, 0.6) is 0 Å². The maximum absolute atomic E-state index is 9.14. The number of aromatic nitrogens is 1. The van der Waals surface area contributed by atoms with Crippen molar-refractivity contribution in [3.05, 3.63) is 49.3 Å². The van der Waals surface area contributed by atoms with Crippen LogP contribution in [0.1, 0.15) is 5.56 Å². The van der Waals surface area contributed by atoms with E-state index in [4.69, 9.17) is 9.90 Å². The minimum absolute atomic E-state index is 0. The number of carboxylic acid groups (broad SMARTS) is 1. The fourth-order valence-corrected chi connectivity index (χ4v) is 0.500. The summed E-state index contributed by atoms with van der Waals surface area (Å²) in [5, 5.41) is 9.14. The molecule has 0 aromatic carbocycles. The van der Waals surface area contributed by atoms with Crippen LogP contribution in [0.25, 0.3) is 6.08 Å². The fraction of sp³-hybridized carbons (Fsp3) is 0. The summed E-state index contributed by atoms with van der Waals surface area (Å²) in [5.41, 5.74) is 1.11. The molecule has 0 unspecified atom stereocenters. The van der Waals surface area contributed by atoms with E-state index in [1.807, 2.05) is 12.1 Å². The quantitative estimate of drug-likeness (QED) is 0.396. The zero-order chi connectivity index (χ0) is 10.1. The average Bonchev–Trinajstić information content (AvgIpc) is 2.20. The summed E-state index contributed by atoms with van der Waals surface area (Å²) in [6.45, 7) is 6.50. The molecule has 68 valence electrons. The Morgan fingerprint density at radius 3 is 2.00 bits per heavy atom. The minimum atomic E-state index is -1.23. The number of nitrogens with zero attached hydrogens (tertiary/aromatic N) is 1. The van der Waals surface area contributed by atoms with Gasteiger partial charge in [-0.05, 0) is 23.8 Å². The molecule has 14 heavy (non-hydrogen) atoms. The van der Waals surface area contributed by atoms with E-state index in [0.717, 1.165) is 11.6 Å². The van der Waals surface area contributed by atoms with Crippen molar-refractivity contribution < 1.29 is 39.5 Å². The van der Waals surface area contributed by atoms with Crippen LogP contribution in [0.4, 0.5) is 0 Å². The van der Waals surface area contributed by atoms with Crippen LogP contribution in [-0.2, 0) is 4.79 Å². The molecule has 1 rings (SSSR count). The number of hydrogen-bond donors (Lipinski definition) is 0. The first kappa shape index (κ1) is 15.6. The van der Waals surface area contributed by atoms with Crippen molar-refractivity contribution in [1.82, 2.24) is 4.98 Å². The molecular formula is C10H10NNaO2. The predicted octanol–water partition coefficient (Wildman–Crippen LogP) is -2.35. The van der Waals surface area contributed by atoms with Gasteiger partial charge in [0.1, 0.15) is 0 Å². The molecule has 0 radical (unpaired) electrons. The van der Waals surface area contributed by atoms with E-state index in [-0.39, 0.29) is 29.6 Å². The van der Waals surface area contributed by atoms with Crippen molar-refractivity contribution in [3.63, 3.8) is 0 Å². The number of carbonyl (C=O) groups is 1. The minimum Gasteiger partial charge on any atom is -0.545 e. The molecule has 4 heteroatoms. The first-order valence-electron chi connectivity index (χ1n) is 3.56. The monoisotopic (exact) mass is 199 g/mol. The summed E-state index contributed by atoms with van der Waals surface area (Å²) in [5.74, 6) is -1.23. The first-order valence-corrected chi connectivity index (χ1v) is 3.56. The Balaban J connectivity index is 0. The summed E-state index contributed by atoms with van der Waals surface area (Å²) in [6.07, 6.45) is 6.01. The molecule has 0 aliphatic heterocycles. The second-order valence-corrected chi connectivity index (χ2v) is 2.01. The zero-order valence-electron chi connectivity index (χ0n) is 8.14. The number of carboxylic acids is 1. The summed E-state index contributed by atoms with van der Waals surface area (Å²) in [6, 6.07) is 3.82. The molecule has 0 atom stereocenters. The van der Waals surface area contributed by atoms with Crippen LogP contribution in [0.2, 0.25) is 0 Å². The molecule has 0 bridgehead atoms. The van der Waals surface area contributed by atoms with Crippen LogP contribution < -0.4 is 34.7 Å². The molecule has 3 nitrogen and oxygen atoms in total. The summed E-state index contributed by atoms with van der Waals surface area (Å²) in [7, 11) is 0. The van der Waals surface area contributed by atoms with Gasteiger partial charge in [-0.3, -0.25) is 4.98 Å². The number of pyridine rings is 1. The van der Waals surface area contributed by atoms with E-state index in [1.165, 1.54) is 0 Å². The third-order valence-electron chi connectivity index (χ3n) is 1.11. The van der Waals surface area contributed by atoms with E-state index in [2.05, 4.69) is 18.1 Å². The molecule has 0 saturated heterocycles. The van der Waals surface area contributed by atoms with Crippen molar-refractivity contribution in [2.24, 2.45) is 0 Å². The number of carbonyl (C=O) groups excluding carboxylic acids is 1. The van der Waals surface area contributed by atoms with E-state index in [0.29, 0.717) is 0 Å². The third kappa shape index (κ3) is 9.19. The van der Waals surface area contributed by atoms with E-state index in [1.54, 1.807) is 18.5 Å². The van der Waals surface area contributed by atoms with Gasteiger partial charge in [0.15, 0.2) is 0 Å². The Labute approximate surface area is 105 Å². The maximum atomic E-state index is 9.14. The van der Waals surface area contributed by atoms with Crippen molar-refractivity contribution in [3.8, 4) is 0 Å². The average molecular weight is 199 g/mol. The van der Waals surface area contributed by atoms with Gasteiger partial charge >= 0.3 is 29.6 Å². The number of hydrogen-bond acceptors (Lipinski definition) is 3. The first-order chi connectivity index (χ1) is 6.20. The fourth-order valence-electron chi connectivity index (χ4n) is 0.500. The Kier molecular flexibility index (Phi) is 11.3. The maximum Gasteiger partial charge on any atom is 1.00 e. The standard InChI is InChI=1S/C7H7N.C3H4O2.Na/c1-2-7-3-5-8-6-4-7;1-2-3(4)5;/h2-6H,1H2;2H,1H2,(H,4,5);/q;;+1/p-1. The van der Waals surface area contributed by atoms with Gasteiger partial charge in [0.25, 0.3) is 0 Å². The van der Waals surface area contributed by atoms with Gasteiger partial charge in [-0.2, -0.15) is 0 Å². The number of aliphatic carboxylic acids is 1. The van der Waals surface area contributed by atoms with E-state index in [9.17, 15) is 0 Å².